The third-order valence-electron chi connectivity index (χ3n) is 3.05. The van der Waals surface area contributed by atoms with E-state index in [1.54, 1.807) is 7.05 Å². The number of nitrogens with zero attached hydrogens (tertiary/aromatic N) is 2. The minimum Gasteiger partial charge on any atom is -0.478 e. The maximum atomic E-state index is 13.7. The minimum atomic E-state index is -1.55. The van der Waals surface area contributed by atoms with Gasteiger partial charge in [0.25, 0.3) is 5.69 Å². The highest BCUT2D eigenvalue weighted by Gasteiger charge is 2.23. The topological polar surface area (TPSA) is 104 Å². The normalized spacial score (nSPS) is 10.4. The number of carbonyl (C=O) groups is 1. The number of hydrogen-bond donors (Lipinski definition) is 2. The van der Waals surface area contributed by atoms with Crippen LogP contribution in [0.5, 0.6) is 0 Å². The van der Waals surface area contributed by atoms with Crippen molar-refractivity contribution >= 4 is 17.3 Å². The van der Waals surface area contributed by atoms with Gasteiger partial charge in [0.1, 0.15) is 17.1 Å². The molecular formula is C13H17FN2O5. The zero-order chi connectivity index (χ0) is 16.0. The molecule has 0 heterocycles. The highest BCUT2D eigenvalue weighted by atomic mass is 19.1. The third-order valence-corrected chi connectivity index (χ3v) is 3.05. The summed E-state index contributed by atoms with van der Waals surface area (Å²) in [5.74, 6) is -2.56. The molecule has 0 unspecified atom stereocenters. The Kier molecular flexibility index (Phi) is 6.04. The lowest BCUT2D eigenvalue weighted by Crippen LogP contribution is -2.20. The quantitative estimate of drug-likeness (QED) is 0.432. The van der Waals surface area contributed by atoms with Crippen LogP contribution in [0.1, 0.15) is 29.6 Å². The van der Waals surface area contributed by atoms with E-state index in [0.29, 0.717) is 19.4 Å². The molecular weight excluding hydrogens is 283 g/mol. The van der Waals surface area contributed by atoms with Crippen LogP contribution in [0.4, 0.5) is 15.8 Å². The van der Waals surface area contributed by atoms with Gasteiger partial charge in [-0.3, -0.25) is 10.1 Å². The Morgan fingerprint density at radius 2 is 2.05 bits per heavy atom. The first-order valence-corrected chi connectivity index (χ1v) is 6.41. The van der Waals surface area contributed by atoms with E-state index < -0.39 is 28.0 Å². The van der Waals surface area contributed by atoms with Gasteiger partial charge in [-0.05, 0) is 19.3 Å². The van der Waals surface area contributed by atoms with E-state index in [9.17, 15) is 19.3 Å². The Hall–Kier alpha value is -2.22. The smallest absolute Gasteiger partial charge is 0.338 e. The molecule has 0 bridgehead atoms. The fourth-order valence-corrected chi connectivity index (χ4v) is 1.93. The second-order valence-electron chi connectivity index (χ2n) is 4.59. The summed E-state index contributed by atoms with van der Waals surface area (Å²) < 4.78 is 13.7. The molecule has 8 heteroatoms. The van der Waals surface area contributed by atoms with Crippen molar-refractivity contribution in [3.05, 3.63) is 33.6 Å². The maximum absolute atomic E-state index is 13.7. The number of aromatic carboxylic acids is 1. The summed E-state index contributed by atoms with van der Waals surface area (Å²) in [7, 11) is 1.57. The van der Waals surface area contributed by atoms with Gasteiger partial charge >= 0.3 is 5.97 Å². The standard InChI is InChI=1S/C13H17FN2O5/c1-15(5-3-2-4-6-17)11-8-10(14)9(13(18)19)7-12(11)16(20)21/h7-8,17H,2-6H2,1H3,(H,18,19). The number of aliphatic hydroxyl groups excluding tert-OH is 1. The molecule has 0 saturated heterocycles. The van der Waals surface area contributed by atoms with Crippen molar-refractivity contribution < 1.29 is 24.3 Å². The lowest BCUT2D eigenvalue weighted by atomic mass is 10.1. The summed E-state index contributed by atoms with van der Waals surface area (Å²) in [4.78, 5) is 22.6. The number of nitro groups is 1. The highest BCUT2D eigenvalue weighted by Crippen LogP contribution is 2.30. The van der Waals surface area contributed by atoms with Gasteiger partial charge in [-0.15, -0.1) is 0 Å². The lowest BCUT2D eigenvalue weighted by Gasteiger charge is -2.19. The molecule has 0 aliphatic heterocycles. The largest absolute Gasteiger partial charge is 0.478 e. The van der Waals surface area contributed by atoms with Gasteiger partial charge in [0.15, 0.2) is 0 Å². The van der Waals surface area contributed by atoms with E-state index in [1.165, 1.54) is 4.90 Å². The number of carboxylic acids is 1. The Balaban J connectivity index is 3.02. The number of unbranched alkanes of at least 4 members (excludes halogenated alkanes) is 2. The summed E-state index contributed by atoms with van der Waals surface area (Å²) in [5, 5.41) is 28.5. The second-order valence-corrected chi connectivity index (χ2v) is 4.59. The van der Waals surface area contributed by atoms with Crippen molar-refractivity contribution in [1.29, 1.82) is 0 Å². The van der Waals surface area contributed by atoms with Crippen LogP contribution in [-0.2, 0) is 0 Å². The molecule has 0 amide bonds. The summed E-state index contributed by atoms with van der Waals surface area (Å²) in [6.07, 6.45) is 2.04. The number of benzene rings is 1. The van der Waals surface area contributed by atoms with E-state index in [-0.39, 0.29) is 12.3 Å². The van der Waals surface area contributed by atoms with Crippen molar-refractivity contribution in [2.45, 2.75) is 19.3 Å². The Bertz CT molecular complexity index is 536. The molecule has 2 N–H and O–H groups in total. The first-order chi connectivity index (χ1) is 9.88. The fraction of sp³-hybridized carbons (Fsp3) is 0.462. The number of hydrogen-bond acceptors (Lipinski definition) is 5. The fourth-order valence-electron chi connectivity index (χ4n) is 1.93. The number of nitro benzene ring substituents is 1. The molecule has 0 saturated carbocycles. The SMILES string of the molecule is CN(CCCCCO)c1cc(F)c(C(=O)O)cc1[N+](=O)[O-]. The molecule has 21 heavy (non-hydrogen) atoms. The van der Waals surface area contributed by atoms with Gasteiger partial charge in [-0.1, -0.05) is 0 Å². The lowest BCUT2D eigenvalue weighted by molar-refractivity contribution is -0.384. The molecule has 0 radical (unpaired) electrons. The number of carboxylic acid groups (broad SMARTS) is 1. The Labute approximate surface area is 120 Å². The highest BCUT2D eigenvalue weighted by molar-refractivity contribution is 5.90. The van der Waals surface area contributed by atoms with Gasteiger partial charge in [-0.25, -0.2) is 9.18 Å². The summed E-state index contributed by atoms with van der Waals surface area (Å²) in [6, 6.07) is 1.60. The van der Waals surface area contributed by atoms with Crippen LogP contribution in [0.25, 0.3) is 0 Å². The van der Waals surface area contributed by atoms with E-state index in [1.807, 2.05) is 0 Å². The molecule has 1 rings (SSSR count). The van der Waals surface area contributed by atoms with E-state index in [2.05, 4.69) is 0 Å². The van der Waals surface area contributed by atoms with Crippen LogP contribution in [0.3, 0.4) is 0 Å². The first kappa shape index (κ1) is 16.8. The molecule has 7 nitrogen and oxygen atoms in total. The minimum absolute atomic E-state index is 0.0338. The molecule has 0 aliphatic carbocycles. The summed E-state index contributed by atoms with van der Waals surface area (Å²) in [5.41, 5.74) is -1.14. The molecule has 1 aromatic carbocycles. The molecule has 0 atom stereocenters. The van der Waals surface area contributed by atoms with Gasteiger partial charge < -0.3 is 15.1 Å². The van der Waals surface area contributed by atoms with E-state index >= 15 is 0 Å². The van der Waals surface area contributed by atoms with Crippen LogP contribution in [0, 0.1) is 15.9 Å². The maximum Gasteiger partial charge on any atom is 0.338 e. The Morgan fingerprint density at radius 1 is 1.38 bits per heavy atom. The molecule has 0 aliphatic rings. The van der Waals surface area contributed by atoms with Gasteiger partial charge in [-0.2, -0.15) is 0 Å². The van der Waals surface area contributed by atoms with Gasteiger partial charge in [0.2, 0.25) is 0 Å². The van der Waals surface area contributed by atoms with Crippen LogP contribution in [0.15, 0.2) is 12.1 Å². The average molecular weight is 300 g/mol. The van der Waals surface area contributed by atoms with Gasteiger partial charge in [0.05, 0.1) is 4.92 Å². The average Bonchev–Trinajstić information content (AvgIpc) is 2.42. The zero-order valence-corrected chi connectivity index (χ0v) is 11.6. The number of rotatable bonds is 8. The van der Waals surface area contributed by atoms with Crippen molar-refractivity contribution in [2.75, 3.05) is 25.1 Å². The molecule has 1 aromatic rings. The van der Waals surface area contributed by atoms with Crippen molar-refractivity contribution in [3.8, 4) is 0 Å². The van der Waals surface area contributed by atoms with E-state index in [4.69, 9.17) is 10.2 Å². The van der Waals surface area contributed by atoms with Crippen molar-refractivity contribution in [2.24, 2.45) is 0 Å². The molecule has 0 fully saturated rings. The summed E-state index contributed by atoms with van der Waals surface area (Å²) >= 11 is 0. The zero-order valence-electron chi connectivity index (χ0n) is 11.6. The summed E-state index contributed by atoms with van der Waals surface area (Å²) in [6.45, 7) is 0.512. The van der Waals surface area contributed by atoms with Crippen LogP contribution >= 0.6 is 0 Å². The predicted molar refractivity (Wildman–Crippen MR) is 74.2 cm³/mol. The number of halogens is 1. The molecule has 0 spiro atoms. The second kappa shape index (κ2) is 7.53. The van der Waals surface area contributed by atoms with Crippen molar-refractivity contribution in [3.63, 3.8) is 0 Å². The Morgan fingerprint density at radius 3 is 2.57 bits per heavy atom. The third kappa shape index (κ3) is 4.38. The number of anilines is 1. The van der Waals surface area contributed by atoms with E-state index in [0.717, 1.165) is 18.6 Å². The van der Waals surface area contributed by atoms with Crippen LogP contribution < -0.4 is 4.90 Å². The number of aliphatic hydroxyl groups is 1. The predicted octanol–water partition coefficient (Wildman–Crippen LogP) is 2.03. The van der Waals surface area contributed by atoms with Gasteiger partial charge in [0, 0.05) is 32.3 Å². The molecule has 116 valence electrons. The van der Waals surface area contributed by atoms with Crippen LogP contribution in [0.2, 0.25) is 0 Å². The first-order valence-electron chi connectivity index (χ1n) is 6.41. The van der Waals surface area contributed by atoms with Crippen molar-refractivity contribution in [1.82, 2.24) is 0 Å². The van der Waals surface area contributed by atoms with Crippen LogP contribution in [-0.4, -0.2) is 41.3 Å². The molecule has 0 aromatic heterocycles. The monoisotopic (exact) mass is 300 g/mol.